The van der Waals surface area contributed by atoms with Gasteiger partial charge in [-0.2, -0.15) is 0 Å². The van der Waals surface area contributed by atoms with Crippen molar-refractivity contribution in [1.82, 2.24) is 10.3 Å². The lowest BCUT2D eigenvalue weighted by Gasteiger charge is -1.98. The molecule has 3 nitrogen and oxygen atoms in total. The van der Waals surface area contributed by atoms with Crippen LogP contribution in [-0.2, 0) is 6.54 Å². The molecule has 0 aliphatic heterocycles. The van der Waals surface area contributed by atoms with Gasteiger partial charge >= 0.3 is 0 Å². The van der Waals surface area contributed by atoms with Gasteiger partial charge in [0.25, 0.3) is 0 Å². The van der Waals surface area contributed by atoms with Crippen molar-refractivity contribution >= 4 is 6.29 Å². The van der Waals surface area contributed by atoms with Crippen molar-refractivity contribution in [1.29, 1.82) is 0 Å². The number of carbonyl (C=O) groups excluding carboxylic acids is 1. The third kappa shape index (κ3) is 2.13. The van der Waals surface area contributed by atoms with Crippen LogP contribution in [0.5, 0.6) is 0 Å². The lowest BCUT2D eigenvalue weighted by atomic mass is 10.2. The molecule has 0 spiro atoms. The van der Waals surface area contributed by atoms with Gasteiger partial charge in [-0.15, -0.1) is 0 Å². The molecule has 1 heterocycles. The highest BCUT2D eigenvalue weighted by Crippen LogP contribution is 1.98. The molecule has 0 radical (unpaired) electrons. The molecule has 3 heteroatoms. The van der Waals surface area contributed by atoms with Gasteiger partial charge in [-0.1, -0.05) is 0 Å². The Kier molecular flexibility index (Phi) is 2.74. The van der Waals surface area contributed by atoms with Crippen molar-refractivity contribution in [3.63, 3.8) is 0 Å². The van der Waals surface area contributed by atoms with Crippen molar-refractivity contribution in [2.75, 3.05) is 7.05 Å². The number of nitrogens with one attached hydrogen (secondary N) is 1. The Morgan fingerprint density at radius 3 is 3.09 bits per heavy atom. The summed E-state index contributed by atoms with van der Waals surface area (Å²) in [7, 11) is 1.85. The summed E-state index contributed by atoms with van der Waals surface area (Å²) < 4.78 is 0. The number of rotatable bonds is 3. The topological polar surface area (TPSA) is 42.0 Å². The van der Waals surface area contributed by atoms with Gasteiger partial charge in [0.1, 0.15) is 0 Å². The summed E-state index contributed by atoms with van der Waals surface area (Å²) in [5.74, 6) is 0. The Morgan fingerprint density at radius 2 is 2.45 bits per heavy atom. The lowest BCUT2D eigenvalue weighted by Crippen LogP contribution is -2.05. The first-order chi connectivity index (χ1) is 5.36. The second-order valence-electron chi connectivity index (χ2n) is 2.27. The third-order valence-electron chi connectivity index (χ3n) is 1.33. The van der Waals surface area contributed by atoms with Gasteiger partial charge in [0, 0.05) is 24.5 Å². The monoisotopic (exact) mass is 150 g/mol. The Hall–Kier alpha value is -1.22. The molecule has 0 saturated carbocycles. The molecule has 0 amide bonds. The van der Waals surface area contributed by atoms with E-state index < -0.39 is 0 Å². The number of aldehydes is 1. The second-order valence-corrected chi connectivity index (χ2v) is 2.27. The number of nitrogens with zero attached hydrogens (tertiary/aromatic N) is 1. The van der Waals surface area contributed by atoms with Crippen LogP contribution < -0.4 is 5.32 Å². The first kappa shape index (κ1) is 7.88. The summed E-state index contributed by atoms with van der Waals surface area (Å²) >= 11 is 0. The van der Waals surface area contributed by atoms with Crippen LogP contribution in [-0.4, -0.2) is 18.3 Å². The van der Waals surface area contributed by atoms with Crippen molar-refractivity contribution in [2.24, 2.45) is 0 Å². The molecular formula is C8H10N2O. The fourth-order valence-corrected chi connectivity index (χ4v) is 0.873. The molecule has 0 aliphatic rings. The van der Waals surface area contributed by atoms with Crippen LogP contribution in [0.25, 0.3) is 0 Å². The number of pyridine rings is 1. The highest BCUT2D eigenvalue weighted by molar-refractivity contribution is 5.74. The van der Waals surface area contributed by atoms with E-state index in [1.807, 2.05) is 13.1 Å². The number of hydrogen-bond donors (Lipinski definition) is 1. The average molecular weight is 150 g/mol. The van der Waals surface area contributed by atoms with Gasteiger partial charge in [-0.05, 0) is 18.7 Å². The Morgan fingerprint density at radius 1 is 1.64 bits per heavy atom. The van der Waals surface area contributed by atoms with Crippen molar-refractivity contribution in [2.45, 2.75) is 6.54 Å². The van der Waals surface area contributed by atoms with E-state index in [4.69, 9.17) is 0 Å². The predicted molar refractivity (Wildman–Crippen MR) is 42.4 cm³/mol. The zero-order valence-corrected chi connectivity index (χ0v) is 6.37. The molecular weight excluding hydrogens is 140 g/mol. The SMILES string of the molecule is CNCc1cncc(C=O)c1. The fourth-order valence-electron chi connectivity index (χ4n) is 0.873. The zero-order valence-electron chi connectivity index (χ0n) is 6.37. The van der Waals surface area contributed by atoms with Crippen LogP contribution >= 0.6 is 0 Å². The van der Waals surface area contributed by atoms with Crippen LogP contribution in [0, 0.1) is 0 Å². The standard InChI is InChI=1S/C8H10N2O/c1-9-3-7-2-8(6-11)5-10-4-7/h2,4-6,9H,3H2,1H3. The molecule has 1 rings (SSSR count). The molecule has 0 atom stereocenters. The zero-order chi connectivity index (χ0) is 8.10. The smallest absolute Gasteiger partial charge is 0.151 e. The maximum atomic E-state index is 10.3. The lowest BCUT2D eigenvalue weighted by molar-refractivity contribution is 0.112. The number of aromatic nitrogens is 1. The molecule has 0 aromatic carbocycles. The average Bonchev–Trinajstić information content (AvgIpc) is 2.06. The van der Waals surface area contributed by atoms with E-state index in [9.17, 15) is 4.79 Å². The van der Waals surface area contributed by atoms with Crippen molar-refractivity contribution < 1.29 is 4.79 Å². The predicted octanol–water partition coefficient (Wildman–Crippen LogP) is 0.614. The molecule has 58 valence electrons. The molecule has 1 aromatic rings. The van der Waals surface area contributed by atoms with Gasteiger partial charge < -0.3 is 5.32 Å². The quantitative estimate of drug-likeness (QED) is 0.642. The van der Waals surface area contributed by atoms with E-state index in [1.54, 1.807) is 12.4 Å². The van der Waals surface area contributed by atoms with Gasteiger partial charge in [0.2, 0.25) is 0 Å². The minimum atomic E-state index is 0.623. The van der Waals surface area contributed by atoms with Crippen LogP contribution in [0.2, 0.25) is 0 Å². The Labute approximate surface area is 65.5 Å². The first-order valence-corrected chi connectivity index (χ1v) is 3.40. The van der Waals surface area contributed by atoms with Crippen LogP contribution in [0.3, 0.4) is 0 Å². The molecule has 0 fully saturated rings. The first-order valence-electron chi connectivity index (χ1n) is 3.40. The minimum absolute atomic E-state index is 0.623. The molecule has 1 N–H and O–H groups in total. The summed E-state index contributed by atoms with van der Waals surface area (Å²) in [5.41, 5.74) is 1.65. The maximum absolute atomic E-state index is 10.3. The highest BCUT2D eigenvalue weighted by Gasteiger charge is 1.92. The van der Waals surface area contributed by atoms with E-state index in [1.165, 1.54) is 0 Å². The van der Waals surface area contributed by atoms with Gasteiger partial charge in [-0.25, -0.2) is 0 Å². The third-order valence-corrected chi connectivity index (χ3v) is 1.33. The van der Waals surface area contributed by atoms with E-state index >= 15 is 0 Å². The van der Waals surface area contributed by atoms with E-state index in [0.717, 1.165) is 18.4 Å². The van der Waals surface area contributed by atoms with Gasteiger partial charge in [0.05, 0.1) is 0 Å². The fraction of sp³-hybridized carbons (Fsp3) is 0.250. The second kappa shape index (κ2) is 3.83. The largest absolute Gasteiger partial charge is 0.316 e. The molecule has 0 bridgehead atoms. The molecule has 11 heavy (non-hydrogen) atoms. The number of carbonyl (C=O) groups is 1. The Balaban J connectivity index is 2.82. The summed E-state index contributed by atoms with van der Waals surface area (Å²) in [6.07, 6.45) is 4.09. The van der Waals surface area contributed by atoms with E-state index in [-0.39, 0.29) is 0 Å². The molecule has 0 aliphatic carbocycles. The summed E-state index contributed by atoms with van der Waals surface area (Å²) in [4.78, 5) is 14.2. The van der Waals surface area contributed by atoms with Crippen LogP contribution in [0.4, 0.5) is 0 Å². The minimum Gasteiger partial charge on any atom is -0.316 e. The van der Waals surface area contributed by atoms with Gasteiger partial charge in [0.15, 0.2) is 6.29 Å². The molecule has 1 aromatic heterocycles. The maximum Gasteiger partial charge on any atom is 0.151 e. The highest BCUT2D eigenvalue weighted by atomic mass is 16.1. The van der Waals surface area contributed by atoms with E-state index in [2.05, 4.69) is 10.3 Å². The normalized spacial score (nSPS) is 9.55. The van der Waals surface area contributed by atoms with E-state index in [0.29, 0.717) is 5.56 Å². The van der Waals surface area contributed by atoms with Crippen LogP contribution in [0.15, 0.2) is 18.5 Å². The summed E-state index contributed by atoms with van der Waals surface area (Å²) in [6.45, 7) is 0.745. The summed E-state index contributed by atoms with van der Waals surface area (Å²) in [5, 5.41) is 2.98. The Bertz CT molecular complexity index is 248. The summed E-state index contributed by atoms with van der Waals surface area (Å²) in [6, 6.07) is 1.82. The van der Waals surface area contributed by atoms with Crippen LogP contribution in [0.1, 0.15) is 15.9 Å². The van der Waals surface area contributed by atoms with Gasteiger partial charge in [-0.3, -0.25) is 9.78 Å². The number of hydrogen-bond acceptors (Lipinski definition) is 3. The molecule has 0 unspecified atom stereocenters. The van der Waals surface area contributed by atoms with Crippen molar-refractivity contribution in [3.8, 4) is 0 Å². The van der Waals surface area contributed by atoms with Crippen molar-refractivity contribution in [3.05, 3.63) is 29.6 Å². The molecule has 0 saturated heterocycles.